The first-order chi connectivity index (χ1) is 23.0. The SMILES string of the molecule is Cc1cc(/N=N/C=C2C=C(C(C)(C)C)C(=O)C(C(C)(C)C)=C2)ccc1-c1ccc(/N=N/C=C2C=C(C(C)(C)C)C(=O)C(C(C)(C)C)=C2)cc1C. The van der Waals surface area contributed by atoms with Gasteiger partial charge in [-0.15, -0.1) is 0 Å². The summed E-state index contributed by atoms with van der Waals surface area (Å²) in [5.74, 6) is 0.206. The molecule has 2 aromatic rings. The fourth-order valence-corrected chi connectivity index (χ4v) is 6.03. The number of nitrogens with zero attached hydrogens (tertiary/aromatic N) is 4. The molecule has 0 spiro atoms. The van der Waals surface area contributed by atoms with Crippen LogP contribution >= 0.6 is 0 Å². The van der Waals surface area contributed by atoms with E-state index in [4.69, 9.17) is 0 Å². The molecule has 262 valence electrons. The van der Waals surface area contributed by atoms with Gasteiger partial charge in [0.05, 0.1) is 23.8 Å². The Balaban J connectivity index is 1.55. The van der Waals surface area contributed by atoms with E-state index in [0.29, 0.717) is 0 Å². The summed E-state index contributed by atoms with van der Waals surface area (Å²) in [6.45, 7) is 28.9. The Morgan fingerprint density at radius 2 is 0.740 bits per heavy atom. The number of ketones is 2. The van der Waals surface area contributed by atoms with Crippen LogP contribution in [0.2, 0.25) is 0 Å². The highest BCUT2D eigenvalue weighted by Gasteiger charge is 2.35. The van der Waals surface area contributed by atoms with E-state index in [1.807, 2.05) is 48.6 Å². The molecule has 0 aliphatic heterocycles. The van der Waals surface area contributed by atoms with Gasteiger partial charge in [-0.1, -0.05) is 95.2 Å². The van der Waals surface area contributed by atoms with Gasteiger partial charge in [-0.25, -0.2) is 0 Å². The molecule has 0 amide bonds. The van der Waals surface area contributed by atoms with E-state index in [1.165, 1.54) is 0 Å². The molecule has 2 aromatic carbocycles. The predicted octanol–water partition coefficient (Wildman–Crippen LogP) is 13.0. The van der Waals surface area contributed by atoms with E-state index in [9.17, 15) is 9.59 Å². The van der Waals surface area contributed by atoms with Crippen LogP contribution in [0.15, 0.2) is 127 Å². The van der Waals surface area contributed by atoms with Crippen LogP contribution in [-0.2, 0) is 9.59 Å². The topological polar surface area (TPSA) is 83.6 Å². The van der Waals surface area contributed by atoms with Gasteiger partial charge in [-0.3, -0.25) is 9.59 Å². The number of benzene rings is 2. The van der Waals surface area contributed by atoms with Crippen LogP contribution in [0.3, 0.4) is 0 Å². The number of hydrogen-bond donors (Lipinski definition) is 0. The summed E-state index contributed by atoms with van der Waals surface area (Å²) in [6, 6.07) is 12.1. The number of azo groups is 2. The van der Waals surface area contributed by atoms with Gasteiger partial charge in [0.15, 0.2) is 11.6 Å². The Morgan fingerprint density at radius 1 is 0.460 bits per heavy atom. The van der Waals surface area contributed by atoms with Crippen molar-refractivity contribution in [1.82, 2.24) is 0 Å². The molecule has 6 nitrogen and oxygen atoms in total. The third-order valence-electron chi connectivity index (χ3n) is 8.92. The zero-order chi connectivity index (χ0) is 37.4. The summed E-state index contributed by atoms with van der Waals surface area (Å²) in [4.78, 5) is 26.5. The van der Waals surface area contributed by atoms with Gasteiger partial charge in [0.1, 0.15) is 0 Å². The van der Waals surface area contributed by atoms with Gasteiger partial charge in [0.2, 0.25) is 0 Å². The highest BCUT2D eigenvalue weighted by Crippen LogP contribution is 2.40. The fourth-order valence-electron chi connectivity index (χ4n) is 6.03. The van der Waals surface area contributed by atoms with E-state index in [0.717, 1.165) is 67.1 Å². The Kier molecular flexibility index (Phi) is 10.7. The Hall–Kier alpha value is -4.58. The lowest BCUT2D eigenvalue weighted by atomic mass is 9.72. The smallest absolute Gasteiger partial charge is 0.186 e. The van der Waals surface area contributed by atoms with Crippen LogP contribution in [0.5, 0.6) is 0 Å². The average Bonchev–Trinajstić information content (AvgIpc) is 2.97. The van der Waals surface area contributed by atoms with Gasteiger partial charge in [-0.05, 0) is 117 Å². The quantitative estimate of drug-likeness (QED) is 0.297. The molecule has 0 saturated heterocycles. The lowest BCUT2D eigenvalue weighted by molar-refractivity contribution is -0.114. The number of hydrogen-bond acceptors (Lipinski definition) is 6. The number of carbonyl (C=O) groups is 2. The van der Waals surface area contributed by atoms with Crippen molar-refractivity contribution >= 4 is 22.9 Å². The Labute approximate surface area is 299 Å². The van der Waals surface area contributed by atoms with E-state index < -0.39 is 0 Å². The van der Waals surface area contributed by atoms with Crippen molar-refractivity contribution in [2.24, 2.45) is 42.1 Å². The summed E-state index contributed by atoms with van der Waals surface area (Å²) in [6.07, 6.45) is 11.2. The van der Waals surface area contributed by atoms with Crippen molar-refractivity contribution < 1.29 is 9.59 Å². The molecule has 0 aromatic heterocycles. The minimum Gasteiger partial charge on any atom is -0.289 e. The highest BCUT2D eigenvalue weighted by atomic mass is 16.1. The largest absolute Gasteiger partial charge is 0.289 e. The molecule has 50 heavy (non-hydrogen) atoms. The summed E-state index contributed by atoms with van der Waals surface area (Å²) in [7, 11) is 0. The Bertz CT molecular complexity index is 1750. The number of Topliss-reactive ketones (excluding diaryl/α,β-unsaturated/α-hetero) is 2. The van der Waals surface area contributed by atoms with Crippen LogP contribution in [0.25, 0.3) is 11.1 Å². The molecule has 0 N–H and O–H groups in total. The molecular formula is C44H54N4O2. The lowest BCUT2D eigenvalue weighted by Gasteiger charge is -2.31. The van der Waals surface area contributed by atoms with Crippen molar-refractivity contribution in [3.05, 3.63) is 118 Å². The van der Waals surface area contributed by atoms with Gasteiger partial charge >= 0.3 is 0 Å². The molecule has 4 rings (SSSR count). The van der Waals surface area contributed by atoms with Crippen molar-refractivity contribution in [2.45, 2.75) is 96.9 Å². The Morgan fingerprint density at radius 3 is 0.980 bits per heavy atom. The molecule has 0 saturated carbocycles. The fraction of sp³-hybridized carbons (Fsp3) is 0.409. The van der Waals surface area contributed by atoms with Crippen molar-refractivity contribution in [3.8, 4) is 11.1 Å². The minimum atomic E-state index is -0.276. The molecule has 0 fully saturated rings. The monoisotopic (exact) mass is 670 g/mol. The second-order valence-electron chi connectivity index (χ2n) is 17.6. The number of allylic oxidation sites excluding steroid dienone is 10. The summed E-state index contributed by atoms with van der Waals surface area (Å²) < 4.78 is 0. The molecular weight excluding hydrogens is 617 g/mol. The van der Waals surface area contributed by atoms with Crippen LogP contribution in [-0.4, -0.2) is 11.6 Å². The van der Waals surface area contributed by atoms with Gasteiger partial charge in [0, 0.05) is 22.3 Å². The third-order valence-corrected chi connectivity index (χ3v) is 8.92. The normalized spacial score (nSPS) is 16.5. The van der Waals surface area contributed by atoms with Crippen LogP contribution < -0.4 is 0 Å². The molecule has 2 aliphatic rings. The maximum Gasteiger partial charge on any atom is 0.186 e. The maximum absolute atomic E-state index is 13.2. The second-order valence-corrected chi connectivity index (χ2v) is 17.6. The summed E-state index contributed by atoms with van der Waals surface area (Å²) >= 11 is 0. The zero-order valence-electron chi connectivity index (χ0n) is 32.5. The van der Waals surface area contributed by atoms with Gasteiger partial charge < -0.3 is 0 Å². The van der Waals surface area contributed by atoms with Crippen molar-refractivity contribution in [1.29, 1.82) is 0 Å². The van der Waals surface area contributed by atoms with E-state index in [2.05, 4.69) is 130 Å². The molecule has 0 atom stereocenters. The van der Waals surface area contributed by atoms with Crippen LogP contribution in [0, 0.1) is 35.5 Å². The van der Waals surface area contributed by atoms with Gasteiger partial charge in [0.25, 0.3) is 0 Å². The molecule has 0 unspecified atom stereocenters. The predicted molar refractivity (Wildman–Crippen MR) is 207 cm³/mol. The molecule has 0 radical (unpaired) electrons. The maximum atomic E-state index is 13.2. The average molecular weight is 671 g/mol. The lowest BCUT2D eigenvalue weighted by Crippen LogP contribution is -2.27. The van der Waals surface area contributed by atoms with E-state index in [1.54, 1.807) is 12.4 Å². The molecule has 2 aliphatic carbocycles. The third kappa shape index (κ3) is 8.95. The second kappa shape index (κ2) is 14.0. The van der Waals surface area contributed by atoms with E-state index >= 15 is 0 Å². The van der Waals surface area contributed by atoms with Crippen LogP contribution in [0.4, 0.5) is 11.4 Å². The van der Waals surface area contributed by atoms with E-state index in [-0.39, 0.29) is 33.2 Å². The first kappa shape index (κ1) is 38.2. The number of carbonyl (C=O) groups excluding carboxylic acids is 2. The van der Waals surface area contributed by atoms with Gasteiger partial charge in [-0.2, -0.15) is 20.5 Å². The summed E-state index contributed by atoms with van der Waals surface area (Å²) in [5, 5.41) is 17.8. The number of aryl methyl sites for hydroxylation is 2. The first-order valence-corrected chi connectivity index (χ1v) is 17.4. The molecule has 6 heteroatoms. The molecule has 0 bridgehead atoms. The van der Waals surface area contributed by atoms with Crippen molar-refractivity contribution in [2.75, 3.05) is 0 Å². The number of rotatable bonds is 5. The first-order valence-electron chi connectivity index (χ1n) is 17.4. The van der Waals surface area contributed by atoms with Crippen molar-refractivity contribution in [3.63, 3.8) is 0 Å². The minimum absolute atomic E-state index is 0.103. The zero-order valence-corrected chi connectivity index (χ0v) is 32.5. The van der Waals surface area contributed by atoms with Crippen LogP contribution in [0.1, 0.15) is 94.2 Å². The molecule has 0 heterocycles. The standard InChI is InChI=1S/C44H54N4O2/c1-27-19-31(47-45-25-29-21-35(41(3,4)5)39(49)36(22-29)42(6,7)8)15-17-33(27)34-18-16-32(20-28(34)2)48-46-26-30-23-37(43(9,10)11)40(50)38(24-30)44(12,13)14/h15-26H,1-14H3/b47-45+,48-46+. The highest BCUT2D eigenvalue weighted by molar-refractivity contribution is 6.12. The summed E-state index contributed by atoms with van der Waals surface area (Å²) in [5.41, 5.74) is 9.66.